The van der Waals surface area contributed by atoms with Crippen molar-refractivity contribution < 1.29 is 9.16 Å². The monoisotopic (exact) mass is 536 g/mol. The van der Waals surface area contributed by atoms with Crippen LogP contribution in [0.25, 0.3) is 0 Å². The van der Waals surface area contributed by atoms with Gasteiger partial charge in [-0.15, -0.1) is 11.8 Å². The first kappa shape index (κ1) is 27.3. The van der Waals surface area contributed by atoms with Gasteiger partial charge < -0.3 is 9.16 Å². The average molecular weight is 538 g/mol. The zero-order chi connectivity index (χ0) is 23.8. The summed E-state index contributed by atoms with van der Waals surface area (Å²) in [6.45, 7) is 13.6. The van der Waals surface area contributed by atoms with E-state index in [0.717, 1.165) is 23.2 Å². The molecular weight excluding hydrogens is 496 g/mol. The summed E-state index contributed by atoms with van der Waals surface area (Å²) in [7, 11) is -0.231. The van der Waals surface area contributed by atoms with Gasteiger partial charge in [0.15, 0.2) is 5.75 Å². The summed E-state index contributed by atoms with van der Waals surface area (Å²) in [6, 6.07) is 15.4. The van der Waals surface area contributed by atoms with Crippen molar-refractivity contribution in [1.29, 1.82) is 0 Å². The van der Waals surface area contributed by atoms with E-state index >= 15 is 0 Å². The minimum atomic E-state index is -1.96. The standard InChI is InChI=1S/C27H41BrO2SSi/c1-21-13-16-23(17-14-21)31-26(12-10-8-9-11-19-28)22-15-18-24(29-5)25(20-22)30-32(6,7)27(2,3)4/h13-18,20,26H,8-12,19H2,1-7H3. The first-order valence-corrected chi connectivity index (χ1v) is 16.6. The van der Waals surface area contributed by atoms with Crippen LogP contribution in [0.3, 0.4) is 0 Å². The molecule has 0 aliphatic carbocycles. The molecule has 0 spiro atoms. The number of aryl methyl sites for hydroxylation is 1. The summed E-state index contributed by atoms with van der Waals surface area (Å²) >= 11 is 5.52. The lowest BCUT2D eigenvalue weighted by atomic mass is 10.0. The van der Waals surface area contributed by atoms with Crippen molar-refractivity contribution in [2.75, 3.05) is 12.4 Å². The number of thioether (sulfide) groups is 1. The van der Waals surface area contributed by atoms with Gasteiger partial charge in [-0.05, 0) is 67.7 Å². The molecule has 0 saturated heterocycles. The molecule has 5 heteroatoms. The van der Waals surface area contributed by atoms with Gasteiger partial charge in [-0.25, -0.2) is 0 Å². The van der Waals surface area contributed by atoms with Crippen LogP contribution >= 0.6 is 27.7 Å². The Hall–Kier alpha value is -0.913. The molecule has 0 aromatic heterocycles. The molecule has 0 saturated carbocycles. The summed E-state index contributed by atoms with van der Waals surface area (Å²) in [5.41, 5.74) is 2.63. The van der Waals surface area contributed by atoms with Crippen LogP contribution in [0.4, 0.5) is 0 Å². The Morgan fingerprint density at radius 3 is 2.19 bits per heavy atom. The van der Waals surface area contributed by atoms with Gasteiger partial charge in [-0.2, -0.15) is 0 Å². The molecule has 0 aliphatic heterocycles. The first-order valence-electron chi connectivity index (χ1n) is 11.7. The van der Waals surface area contributed by atoms with Crippen LogP contribution in [0.2, 0.25) is 18.1 Å². The van der Waals surface area contributed by atoms with Crippen molar-refractivity contribution in [1.82, 2.24) is 0 Å². The Labute approximate surface area is 210 Å². The number of methoxy groups -OCH3 is 1. The lowest BCUT2D eigenvalue weighted by Gasteiger charge is -2.37. The largest absolute Gasteiger partial charge is 0.541 e. The second-order valence-corrected chi connectivity index (χ2v) is 16.9. The van der Waals surface area contributed by atoms with Crippen molar-refractivity contribution in [2.24, 2.45) is 0 Å². The first-order chi connectivity index (χ1) is 15.1. The second kappa shape index (κ2) is 12.5. The lowest BCUT2D eigenvalue weighted by Crippen LogP contribution is -2.43. The second-order valence-electron chi connectivity index (χ2n) is 10.1. The van der Waals surface area contributed by atoms with E-state index in [9.17, 15) is 0 Å². The average Bonchev–Trinajstić information content (AvgIpc) is 2.73. The van der Waals surface area contributed by atoms with Crippen molar-refractivity contribution in [3.63, 3.8) is 0 Å². The van der Waals surface area contributed by atoms with Crippen molar-refractivity contribution >= 4 is 36.0 Å². The topological polar surface area (TPSA) is 18.5 Å². The third-order valence-electron chi connectivity index (χ3n) is 6.38. The van der Waals surface area contributed by atoms with E-state index in [1.54, 1.807) is 7.11 Å². The Morgan fingerprint density at radius 1 is 0.938 bits per heavy atom. The van der Waals surface area contributed by atoms with Gasteiger partial charge >= 0.3 is 0 Å². The van der Waals surface area contributed by atoms with Crippen LogP contribution in [-0.2, 0) is 0 Å². The van der Waals surface area contributed by atoms with Gasteiger partial charge in [0, 0.05) is 15.5 Å². The van der Waals surface area contributed by atoms with Gasteiger partial charge in [0.2, 0.25) is 0 Å². The number of alkyl halides is 1. The molecule has 32 heavy (non-hydrogen) atoms. The molecule has 0 heterocycles. The number of benzene rings is 2. The van der Waals surface area contributed by atoms with Crippen molar-refractivity contribution in [2.45, 2.75) is 88.1 Å². The molecule has 2 nitrogen and oxygen atoms in total. The minimum Gasteiger partial charge on any atom is -0.541 e. The zero-order valence-corrected chi connectivity index (χ0v) is 24.4. The predicted octanol–water partition coefficient (Wildman–Crippen LogP) is 9.57. The number of ether oxygens (including phenoxy) is 1. The number of hydrogen-bond donors (Lipinski definition) is 0. The van der Waals surface area contributed by atoms with E-state index in [1.165, 1.54) is 41.7 Å². The Bertz CT molecular complexity index is 831. The number of rotatable bonds is 12. The van der Waals surface area contributed by atoms with Crippen LogP contribution in [0.1, 0.15) is 69.3 Å². The predicted molar refractivity (Wildman–Crippen MR) is 147 cm³/mol. The van der Waals surface area contributed by atoms with E-state index in [-0.39, 0.29) is 5.04 Å². The molecule has 0 fully saturated rings. The third-order valence-corrected chi connectivity index (χ3v) is 12.6. The summed E-state index contributed by atoms with van der Waals surface area (Å²) in [5.74, 6) is 1.72. The smallest absolute Gasteiger partial charge is 0.250 e. The number of halogens is 1. The molecule has 0 aliphatic rings. The van der Waals surface area contributed by atoms with Crippen LogP contribution < -0.4 is 9.16 Å². The van der Waals surface area contributed by atoms with E-state index in [2.05, 4.69) is 99.2 Å². The van der Waals surface area contributed by atoms with Crippen molar-refractivity contribution in [3.05, 3.63) is 53.6 Å². The highest BCUT2D eigenvalue weighted by Gasteiger charge is 2.39. The van der Waals surface area contributed by atoms with E-state index in [0.29, 0.717) is 5.25 Å². The summed E-state index contributed by atoms with van der Waals surface area (Å²) in [6.07, 6.45) is 6.21. The Morgan fingerprint density at radius 2 is 1.59 bits per heavy atom. The summed E-state index contributed by atoms with van der Waals surface area (Å²) in [4.78, 5) is 1.32. The van der Waals surface area contributed by atoms with Gasteiger partial charge in [0.25, 0.3) is 8.32 Å². The fraction of sp³-hybridized carbons (Fsp3) is 0.556. The highest BCUT2D eigenvalue weighted by atomic mass is 79.9. The maximum atomic E-state index is 6.70. The molecule has 2 aromatic carbocycles. The van der Waals surface area contributed by atoms with E-state index in [1.807, 2.05) is 11.8 Å². The maximum Gasteiger partial charge on any atom is 0.250 e. The SMILES string of the molecule is COc1ccc(C(CCCCCCBr)Sc2ccc(C)cc2)cc1O[Si](C)(C)C(C)(C)C. The van der Waals surface area contributed by atoms with Crippen LogP contribution in [0.5, 0.6) is 11.5 Å². The molecule has 0 radical (unpaired) electrons. The molecular formula is C27H41BrO2SSi. The molecule has 178 valence electrons. The normalized spacial score (nSPS) is 13.1. The van der Waals surface area contributed by atoms with E-state index < -0.39 is 8.32 Å². The van der Waals surface area contributed by atoms with E-state index in [4.69, 9.17) is 9.16 Å². The molecule has 1 atom stereocenters. The quantitative estimate of drug-likeness (QED) is 0.116. The molecule has 0 bridgehead atoms. The molecule has 2 aromatic rings. The summed E-state index contributed by atoms with van der Waals surface area (Å²) < 4.78 is 12.4. The number of unbranched alkanes of at least 4 members (excludes halogenated alkanes) is 3. The maximum absolute atomic E-state index is 6.70. The molecule has 1 unspecified atom stereocenters. The van der Waals surface area contributed by atoms with Crippen LogP contribution in [0, 0.1) is 6.92 Å². The van der Waals surface area contributed by atoms with Gasteiger partial charge in [-0.3, -0.25) is 0 Å². The summed E-state index contributed by atoms with van der Waals surface area (Å²) in [5, 5.41) is 1.63. The molecule has 2 rings (SSSR count). The Kier molecular flexibility index (Phi) is 10.7. The lowest BCUT2D eigenvalue weighted by molar-refractivity contribution is 0.385. The number of hydrogen-bond acceptors (Lipinski definition) is 3. The highest BCUT2D eigenvalue weighted by molar-refractivity contribution is 9.09. The van der Waals surface area contributed by atoms with Crippen LogP contribution in [-0.4, -0.2) is 20.8 Å². The molecule has 0 N–H and O–H groups in total. The molecule has 0 amide bonds. The highest BCUT2D eigenvalue weighted by Crippen LogP contribution is 2.44. The van der Waals surface area contributed by atoms with Gasteiger partial charge in [0.05, 0.1) is 7.11 Å². The van der Waals surface area contributed by atoms with Gasteiger partial charge in [-0.1, -0.05) is 79.7 Å². The van der Waals surface area contributed by atoms with Crippen LogP contribution in [0.15, 0.2) is 47.4 Å². The van der Waals surface area contributed by atoms with Gasteiger partial charge in [0.1, 0.15) is 5.75 Å². The third kappa shape index (κ3) is 8.14. The fourth-order valence-electron chi connectivity index (χ4n) is 3.25. The zero-order valence-electron chi connectivity index (χ0n) is 21.0. The Balaban J connectivity index is 2.30. The fourth-order valence-corrected chi connectivity index (χ4v) is 5.85. The van der Waals surface area contributed by atoms with Crippen molar-refractivity contribution in [3.8, 4) is 11.5 Å². The minimum absolute atomic E-state index is 0.138.